The van der Waals surface area contributed by atoms with Crippen molar-refractivity contribution in [1.29, 1.82) is 0 Å². The molecule has 3 rings (SSSR count). The van der Waals surface area contributed by atoms with E-state index in [9.17, 15) is 0 Å². The van der Waals surface area contributed by atoms with Gasteiger partial charge >= 0.3 is 0 Å². The van der Waals surface area contributed by atoms with Crippen LogP contribution in [0.1, 0.15) is 51.4 Å². The summed E-state index contributed by atoms with van der Waals surface area (Å²) in [4.78, 5) is 4.66. The lowest BCUT2D eigenvalue weighted by Crippen LogP contribution is -2.26. The summed E-state index contributed by atoms with van der Waals surface area (Å²) in [5.41, 5.74) is 1.80. The van der Waals surface area contributed by atoms with Gasteiger partial charge in [-0.15, -0.1) is 0 Å². The fourth-order valence-corrected chi connectivity index (χ4v) is 3.91. The van der Waals surface area contributed by atoms with E-state index in [-0.39, 0.29) is 0 Å². The van der Waals surface area contributed by atoms with E-state index < -0.39 is 0 Å². The van der Waals surface area contributed by atoms with Gasteiger partial charge in [0.15, 0.2) is 0 Å². The third-order valence-corrected chi connectivity index (χ3v) is 4.83. The quantitative estimate of drug-likeness (QED) is 0.636. The summed E-state index contributed by atoms with van der Waals surface area (Å²) >= 11 is 0. The van der Waals surface area contributed by atoms with Crippen LogP contribution in [-0.2, 0) is 0 Å². The number of aliphatic imine (C=N–C) groups is 1. The van der Waals surface area contributed by atoms with Crippen molar-refractivity contribution in [1.82, 2.24) is 0 Å². The second-order valence-electron chi connectivity index (χ2n) is 6.18. The van der Waals surface area contributed by atoms with Crippen LogP contribution in [0.5, 0.6) is 0 Å². The van der Waals surface area contributed by atoms with Gasteiger partial charge in [0.25, 0.3) is 0 Å². The van der Waals surface area contributed by atoms with Crippen LogP contribution in [0.25, 0.3) is 0 Å². The third-order valence-electron chi connectivity index (χ3n) is 4.83. The summed E-state index contributed by atoms with van der Waals surface area (Å²) in [6.07, 6.45) is 13.7. The number of para-hydroxylation sites is 1. The highest BCUT2D eigenvalue weighted by Crippen LogP contribution is 2.50. The smallest absolute Gasteiger partial charge is 0.0625 e. The van der Waals surface area contributed by atoms with Gasteiger partial charge in [0.1, 0.15) is 0 Å². The Balaban J connectivity index is 1.64. The first kappa shape index (κ1) is 12.0. The van der Waals surface area contributed by atoms with E-state index in [2.05, 4.69) is 35.5 Å². The highest BCUT2D eigenvalue weighted by Gasteiger charge is 2.37. The monoisotopic (exact) mass is 241 g/mol. The average molecular weight is 241 g/mol. The van der Waals surface area contributed by atoms with Crippen LogP contribution in [0, 0.1) is 11.3 Å². The summed E-state index contributed by atoms with van der Waals surface area (Å²) in [6, 6.07) is 10.3. The molecule has 0 N–H and O–H groups in total. The SMILES string of the molecule is C(=Nc1ccccc1)C1CCCC2(CCCC2)C1. The third kappa shape index (κ3) is 2.66. The van der Waals surface area contributed by atoms with Crippen LogP contribution >= 0.6 is 0 Å². The molecule has 0 aliphatic heterocycles. The molecule has 1 aromatic rings. The van der Waals surface area contributed by atoms with Crippen LogP contribution in [0.4, 0.5) is 5.69 Å². The molecule has 2 aliphatic carbocycles. The molecule has 0 aromatic heterocycles. The number of nitrogens with zero attached hydrogens (tertiary/aromatic N) is 1. The Morgan fingerprint density at radius 3 is 2.50 bits per heavy atom. The molecule has 1 heteroatoms. The van der Waals surface area contributed by atoms with Gasteiger partial charge in [0.2, 0.25) is 0 Å². The van der Waals surface area contributed by atoms with Gasteiger partial charge in [0.05, 0.1) is 5.69 Å². The number of hydrogen-bond acceptors (Lipinski definition) is 1. The molecule has 0 saturated heterocycles. The van der Waals surface area contributed by atoms with Crippen molar-refractivity contribution in [3.63, 3.8) is 0 Å². The molecule has 1 aromatic carbocycles. The first-order valence-electron chi connectivity index (χ1n) is 7.46. The van der Waals surface area contributed by atoms with Crippen molar-refractivity contribution in [3.05, 3.63) is 30.3 Å². The molecule has 1 spiro atoms. The van der Waals surface area contributed by atoms with E-state index in [1.165, 1.54) is 51.4 Å². The minimum atomic E-state index is 0.700. The van der Waals surface area contributed by atoms with Crippen molar-refractivity contribution >= 4 is 11.9 Å². The van der Waals surface area contributed by atoms with Crippen LogP contribution in [0.15, 0.2) is 35.3 Å². The first-order valence-corrected chi connectivity index (χ1v) is 7.46. The highest BCUT2D eigenvalue weighted by molar-refractivity contribution is 5.65. The van der Waals surface area contributed by atoms with Crippen molar-refractivity contribution in [3.8, 4) is 0 Å². The Labute approximate surface area is 110 Å². The summed E-state index contributed by atoms with van der Waals surface area (Å²) in [6.45, 7) is 0. The van der Waals surface area contributed by atoms with Crippen molar-refractivity contribution < 1.29 is 0 Å². The molecule has 18 heavy (non-hydrogen) atoms. The molecule has 2 aliphatic rings. The van der Waals surface area contributed by atoms with E-state index in [4.69, 9.17) is 0 Å². The zero-order valence-electron chi connectivity index (χ0n) is 11.1. The van der Waals surface area contributed by atoms with Gasteiger partial charge in [-0.05, 0) is 55.6 Å². The zero-order valence-corrected chi connectivity index (χ0v) is 11.1. The van der Waals surface area contributed by atoms with Gasteiger partial charge in [-0.3, -0.25) is 4.99 Å². The predicted molar refractivity (Wildman–Crippen MR) is 77.5 cm³/mol. The molecule has 1 atom stereocenters. The van der Waals surface area contributed by atoms with Gasteiger partial charge in [-0.2, -0.15) is 0 Å². The van der Waals surface area contributed by atoms with Crippen LogP contribution in [0.2, 0.25) is 0 Å². The molecule has 1 unspecified atom stereocenters. The largest absolute Gasteiger partial charge is 0.261 e. The van der Waals surface area contributed by atoms with E-state index in [1.54, 1.807) is 0 Å². The Morgan fingerprint density at radius 2 is 1.72 bits per heavy atom. The molecular weight excluding hydrogens is 218 g/mol. The average Bonchev–Trinajstić information content (AvgIpc) is 2.86. The molecule has 2 fully saturated rings. The lowest BCUT2D eigenvalue weighted by Gasteiger charge is -2.36. The summed E-state index contributed by atoms with van der Waals surface area (Å²) in [5.74, 6) is 0.719. The number of benzene rings is 1. The Hall–Kier alpha value is -1.11. The molecule has 0 radical (unpaired) electrons. The van der Waals surface area contributed by atoms with Crippen molar-refractivity contribution in [2.45, 2.75) is 51.4 Å². The Kier molecular flexibility index (Phi) is 3.49. The molecular formula is C17H23N. The first-order chi connectivity index (χ1) is 8.86. The second kappa shape index (κ2) is 5.26. The van der Waals surface area contributed by atoms with E-state index in [0.717, 1.165) is 11.6 Å². The molecule has 1 nitrogen and oxygen atoms in total. The lowest BCUT2D eigenvalue weighted by molar-refractivity contribution is 0.175. The standard InChI is InChI=1S/C17H23N/c1-2-8-16(9-3-1)18-14-15-7-6-12-17(13-15)10-4-5-11-17/h1-3,8-9,14-15H,4-7,10-13H2. The van der Waals surface area contributed by atoms with Crippen LogP contribution in [0.3, 0.4) is 0 Å². The van der Waals surface area contributed by atoms with E-state index in [0.29, 0.717) is 5.41 Å². The van der Waals surface area contributed by atoms with Crippen LogP contribution in [-0.4, -0.2) is 6.21 Å². The van der Waals surface area contributed by atoms with Gasteiger partial charge in [0, 0.05) is 6.21 Å². The Bertz CT molecular complexity index is 401. The normalized spacial score (nSPS) is 27.0. The Morgan fingerprint density at radius 1 is 1.00 bits per heavy atom. The highest BCUT2D eigenvalue weighted by atomic mass is 14.7. The molecule has 2 saturated carbocycles. The number of rotatable bonds is 2. The summed E-state index contributed by atoms with van der Waals surface area (Å²) < 4.78 is 0. The van der Waals surface area contributed by atoms with Crippen molar-refractivity contribution in [2.75, 3.05) is 0 Å². The maximum absolute atomic E-state index is 4.66. The second-order valence-corrected chi connectivity index (χ2v) is 6.18. The number of hydrogen-bond donors (Lipinski definition) is 0. The topological polar surface area (TPSA) is 12.4 Å². The minimum Gasteiger partial charge on any atom is -0.261 e. The molecule has 0 bridgehead atoms. The van der Waals surface area contributed by atoms with E-state index >= 15 is 0 Å². The summed E-state index contributed by atoms with van der Waals surface area (Å²) in [7, 11) is 0. The maximum Gasteiger partial charge on any atom is 0.0625 e. The lowest BCUT2D eigenvalue weighted by atomic mass is 9.69. The van der Waals surface area contributed by atoms with Gasteiger partial charge in [-0.1, -0.05) is 37.5 Å². The molecule has 0 heterocycles. The maximum atomic E-state index is 4.66. The zero-order chi connectivity index (χ0) is 12.3. The fourth-order valence-electron chi connectivity index (χ4n) is 3.91. The molecule has 96 valence electrons. The predicted octanol–water partition coefficient (Wildman–Crippen LogP) is 5.14. The van der Waals surface area contributed by atoms with Gasteiger partial charge in [-0.25, -0.2) is 0 Å². The molecule has 0 amide bonds. The minimum absolute atomic E-state index is 0.700. The van der Waals surface area contributed by atoms with Crippen LogP contribution < -0.4 is 0 Å². The fraction of sp³-hybridized carbons (Fsp3) is 0.588. The van der Waals surface area contributed by atoms with E-state index in [1.807, 2.05) is 6.07 Å². The van der Waals surface area contributed by atoms with Crippen molar-refractivity contribution in [2.24, 2.45) is 16.3 Å². The van der Waals surface area contributed by atoms with Gasteiger partial charge < -0.3 is 0 Å². The summed E-state index contributed by atoms with van der Waals surface area (Å²) in [5, 5.41) is 0.